The number of nitrogens with two attached hydrogens (primary N) is 1. The number of aromatic nitrogens is 1. The molecule has 0 saturated heterocycles. The highest BCUT2D eigenvalue weighted by Gasteiger charge is 2.21. The number of nitrogens with one attached hydrogen (secondary N) is 1. The van der Waals surface area contributed by atoms with Crippen molar-refractivity contribution < 1.29 is 18.7 Å². The first-order chi connectivity index (χ1) is 6.45. The van der Waals surface area contributed by atoms with E-state index in [-0.39, 0.29) is 0 Å². The lowest BCUT2D eigenvalue weighted by molar-refractivity contribution is 0.0994. The second kappa shape index (κ2) is 3.44. The van der Waals surface area contributed by atoms with Gasteiger partial charge in [-0.3, -0.25) is 9.59 Å². The summed E-state index contributed by atoms with van der Waals surface area (Å²) in [5.74, 6) is -2.33. The van der Waals surface area contributed by atoms with Gasteiger partial charge in [0.05, 0.1) is 5.56 Å². The highest BCUT2D eigenvalue weighted by atomic mass is 19.3. The van der Waals surface area contributed by atoms with E-state index in [1.807, 2.05) is 4.98 Å². The number of carbonyl (C=O) groups excluding carboxylic acids is 1. The molecule has 0 fully saturated rings. The molecule has 1 heterocycles. The maximum absolute atomic E-state index is 12.2. The van der Waals surface area contributed by atoms with Gasteiger partial charge in [-0.25, -0.2) is 8.78 Å². The summed E-state index contributed by atoms with van der Waals surface area (Å²) in [6.45, 7) is 0. The zero-order valence-electron chi connectivity index (χ0n) is 6.75. The van der Waals surface area contributed by atoms with Crippen LogP contribution in [0, 0.1) is 0 Å². The predicted octanol–water partition coefficient (Wildman–Crippen LogP) is 0.117. The molecule has 0 aliphatic carbocycles. The average molecular weight is 204 g/mol. The fourth-order valence-electron chi connectivity index (χ4n) is 0.931. The van der Waals surface area contributed by atoms with E-state index in [4.69, 9.17) is 10.8 Å². The summed E-state index contributed by atoms with van der Waals surface area (Å²) in [5.41, 5.74) is 2.03. The van der Waals surface area contributed by atoms with E-state index in [1.54, 1.807) is 0 Å². The second-order valence-electron chi connectivity index (χ2n) is 2.46. The molecule has 0 aliphatic heterocycles. The van der Waals surface area contributed by atoms with Gasteiger partial charge in [-0.15, -0.1) is 0 Å². The molecule has 76 valence electrons. The number of carbonyl (C=O) groups is 1. The Morgan fingerprint density at radius 1 is 1.57 bits per heavy atom. The number of rotatable bonds is 2. The number of aromatic amines is 1. The van der Waals surface area contributed by atoms with Gasteiger partial charge >= 0.3 is 0 Å². The largest absolute Gasteiger partial charge is 0.506 e. The number of hydrogen-bond acceptors (Lipinski definition) is 3. The topological polar surface area (TPSA) is 96.2 Å². The van der Waals surface area contributed by atoms with Gasteiger partial charge in [0.1, 0.15) is 11.3 Å². The third kappa shape index (κ3) is 1.56. The number of pyridine rings is 1. The lowest BCUT2D eigenvalue weighted by Gasteiger charge is -2.04. The third-order valence-corrected chi connectivity index (χ3v) is 1.58. The van der Waals surface area contributed by atoms with E-state index in [0.717, 1.165) is 0 Å². The van der Waals surface area contributed by atoms with Crippen LogP contribution in [0.5, 0.6) is 5.75 Å². The van der Waals surface area contributed by atoms with Gasteiger partial charge in [-0.05, 0) is 0 Å². The Morgan fingerprint density at radius 3 is 2.57 bits per heavy atom. The quantitative estimate of drug-likeness (QED) is 0.638. The highest BCUT2D eigenvalue weighted by molar-refractivity contribution is 5.95. The normalized spacial score (nSPS) is 10.5. The first-order valence-corrected chi connectivity index (χ1v) is 3.47. The molecule has 7 heteroatoms. The summed E-state index contributed by atoms with van der Waals surface area (Å²) in [5, 5.41) is 9.11. The van der Waals surface area contributed by atoms with Crippen molar-refractivity contribution >= 4 is 5.91 Å². The molecule has 4 N–H and O–H groups in total. The van der Waals surface area contributed by atoms with Crippen LogP contribution in [-0.2, 0) is 0 Å². The van der Waals surface area contributed by atoms with Crippen molar-refractivity contribution in [3.05, 3.63) is 27.7 Å². The van der Waals surface area contributed by atoms with Crippen molar-refractivity contribution in [3.8, 4) is 5.75 Å². The molecule has 0 unspecified atom stereocenters. The first kappa shape index (κ1) is 10.2. The molecule has 1 aromatic rings. The van der Waals surface area contributed by atoms with Crippen molar-refractivity contribution in [1.29, 1.82) is 0 Å². The summed E-state index contributed by atoms with van der Waals surface area (Å²) in [6, 6.07) is 0. The minimum Gasteiger partial charge on any atom is -0.506 e. The molecule has 1 rings (SSSR count). The van der Waals surface area contributed by atoms with Gasteiger partial charge in [0.15, 0.2) is 0 Å². The summed E-state index contributed by atoms with van der Waals surface area (Å²) >= 11 is 0. The fraction of sp³-hybridized carbons (Fsp3) is 0.143. The van der Waals surface area contributed by atoms with E-state index in [9.17, 15) is 18.4 Å². The molecule has 1 amide bonds. The Hall–Kier alpha value is -1.92. The van der Waals surface area contributed by atoms with Gasteiger partial charge in [-0.2, -0.15) is 0 Å². The molecule has 0 aromatic carbocycles. The zero-order valence-corrected chi connectivity index (χ0v) is 6.75. The molecular weight excluding hydrogens is 198 g/mol. The molecule has 0 spiro atoms. The first-order valence-electron chi connectivity index (χ1n) is 3.47. The van der Waals surface area contributed by atoms with Crippen LogP contribution in [0.3, 0.4) is 0 Å². The number of amides is 1. The molecule has 14 heavy (non-hydrogen) atoms. The van der Waals surface area contributed by atoms with Crippen molar-refractivity contribution in [2.75, 3.05) is 0 Å². The minimum atomic E-state index is -3.00. The Morgan fingerprint density at radius 2 is 2.14 bits per heavy atom. The highest BCUT2D eigenvalue weighted by Crippen LogP contribution is 2.27. The van der Waals surface area contributed by atoms with Crippen LogP contribution in [0.1, 0.15) is 22.3 Å². The average Bonchev–Trinajstić information content (AvgIpc) is 2.02. The molecule has 0 aliphatic rings. The molecule has 0 radical (unpaired) electrons. The molecule has 5 nitrogen and oxygen atoms in total. The summed E-state index contributed by atoms with van der Waals surface area (Å²) in [4.78, 5) is 23.4. The number of halogens is 2. The summed E-state index contributed by atoms with van der Waals surface area (Å²) < 4.78 is 24.3. The van der Waals surface area contributed by atoms with Crippen LogP contribution in [0.2, 0.25) is 0 Å². The Kier molecular flexibility index (Phi) is 2.50. The van der Waals surface area contributed by atoms with Crippen molar-refractivity contribution in [3.63, 3.8) is 0 Å². The molecular formula is C7H6F2N2O3. The van der Waals surface area contributed by atoms with Crippen LogP contribution in [0.25, 0.3) is 0 Å². The van der Waals surface area contributed by atoms with E-state index >= 15 is 0 Å². The SMILES string of the molecule is NC(=O)c1c(O)c(C(F)F)c[nH]c1=O. The lowest BCUT2D eigenvalue weighted by Crippen LogP contribution is -2.24. The molecule has 0 saturated carbocycles. The van der Waals surface area contributed by atoms with Crippen molar-refractivity contribution in [1.82, 2.24) is 4.98 Å². The number of alkyl halides is 2. The van der Waals surface area contributed by atoms with Crippen LogP contribution in [0.4, 0.5) is 8.78 Å². The van der Waals surface area contributed by atoms with E-state index < -0.39 is 34.8 Å². The van der Waals surface area contributed by atoms with Gasteiger partial charge in [0.2, 0.25) is 0 Å². The van der Waals surface area contributed by atoms with Gasteiger partial charge in [0, 0.05) is 6.20 Å². The summed E-state index contributed by atoms with van der Waals surface area (Å²) in [7, 11) is 0. The van der Waals surface area contributed by atoms with Crippen LogP contribution in [0.15, 0.2) is 11.0 Å². The molecule has 0 bridgehead atoms. The van der Waals surface area contributed by atoms with Gasteiger partial charge in [-0.1, -0.05) is 0 Å². The van der Waals surface area contributed by atoms with Gasteiger partial charge < -0.3 is 15.8 Å². The molecule has 0 atom stereocenters. The van der Waals surface area contributed by atoms with Crippen LogP contribution < -0.4 is 11.3 Å². The van der Waals surface area contributed by atoms with E-state index in [1.165, 1.54) is 0 Å². The maximum atomic E-state index is 12.2. The predicted molar refractivity (Wildman–Crippen MR) is 42.2 cm³/mol. The number of H-pyrrole nitrogens is 1. The third-order valence-electron chi connectivity index (χ3n) is 1.58. The Labute approximate surface area is 76.2 Å². The second-order valence-corrected chi connectivity index (χ2v) is 2.46. The Bertz CT molecular complexity index is 427. The van der Waals surface area contributed by atoms with Crippen molar-refractivity contribution in [2.45, 2.75) is 6.43 Å². The Balaban J connectivity index is 3.49. The minimum absolute atomic E-state index is 0.634. The number of aromatic hydroxyl groups is 1. The molecule has 1 aromatic heterocycles. The van der Waals surface area contributed by atoms with Crippen LogP contribution in [-0.4, -0.2) is 16.0 Å². The van der Waals surface area contributed by atoms with E-state index in [0.29, 0.717) is 6.20 Å². The zero-order chi connectivity index (χ0) is 10.9. The maximum Gasteiger partial charge on any atom is 0.268 e. The fourth-order valence-corrected chi connectivity index (χ4v) is 0.931. The smallest absolute Gasteiger partial charge is 0.268 e. The van der Waals surface area contributed by atoms with Gasteiger partial charge in [0.25, 0.3) is 17.9 Å². The lowest BCUT2D eigenvalue weighted by atomic mass is 10.1. The van der Waals surface area contributed by atoms with Crippen LogP contribution >= 0.6 is 0 Å². The number of primary amides is 1. The summed E-state index contributed by atoms with van der Waals surface area (Å²) in [6.07, 6.45) is -2.36. The van der Waals surface area contributed by atoms with Crippen molar-refractivity contribution in [2.24, 2.45) is 5.73 Å². The monoisotopic (exact) mass is 204 g/mol. The number of hydrogen-bond donors (Lipinski definition) is 3. The van der Waals surface area contributed by atoms with E-state index in [2.05, 4.69) is 0 Å². The standard InChI is InChI=1S/C7H6F2N2O3/c8-5(9)2-1-11-7(14)3(4(2)12)6(10)13/h1,5H,(H2,10,13)(H2,11,12,14).